The van der Waals surface area contributed by atoms with Crippen LogP contribution in [0.2, 0.25) is 0 Å². The summed E-state index contributed by atoms with van der Waals surface area (Å²) in [4.78, 5) is 4.84. The minimum atomic E-state index is 0.400. The maximum absolute atomic E-state index is 4.84. The number of benzene rings is 1. The fourth-order valence-corrected chi connectivity index (χ4v) is 3.11. The van der Waals surface area contributed by atoms with Gasteiger partial charge in [-0.05, 0) is 5.56 Å². The molecule has 0 radical (unpaired) electrons. The van der Waals surface area contributed by atoms with E-state index in [1.807, 2.05) is 0 Å². The van der Waals surface area contributed by atoms with Gasteiger partial charge in [0.05, 0.1) is 6.04 Å². The molecular weight excluding hydrogens is 186 g/mol. The Morgan fingerprint density at radius 1 is 1.27 bits per heavy atom. The van der Waals surface area contributed by atoms with Crippen molar-refractivity contribution in [3.8, 4) is 0 Å². The Morgan fingerprint density at radius 3 is 3.20 bits per heavy atom. The second-order valence-electron chi connectivity index (χ2n) is 4.61. The molecule has 3 aliphatic heterocycles. The molecule has 2 bridgehead atoms. The number of aliphatic imine (C=N–C) groups is 1. The summed E-state index contributed by atoms with van der Waals surface area (Å²) in [5.41, 5.74) is 10.7. The molecule has 1 aromatic rings. The molecule has 15 heavy (non-hydrogen) atoms. The van der Waals surface area contributed by atoms with Gasteiger partial charge < -0.3 is 0 Å². The molecule has 0 spiro atoms. The first kappa shape index (κ1) is 8.02. The van der Waals surface area contributed by atoms with Gasteiger partial charge in [-0.2, -0.15) is 0 Å². The van der Waals surface area contributed by atoms with Crippen molar-refractivity contribution in [1.82, 2.24) is 10.9 Å². The Morgan fingerprint density at radius 2 is 2.20 bits per heavy atom. The van der Waals surface area contributed by atoms with Crippen molar-refractivity contribution >= 4 is 5.71 Å². The summed E-state index contributed by atoms with van der Waals surface area (Å²) in [5.74, 6) is 0.636. The van der Waals surface area contributed by atoms with Gasteiger partial charge in [-0.1, -0.05) is 24.3 Å². The van der Waals surface area contributed by atoms with Crippen molar-refractivity contribution in [2.75, 3.05) is 6.54 Å². The second kappa shape index (κ2) is 2.68. The Kier molecular flexibility index (Phi) is 1.43. The van der Waals surface area contributed by atoms with Gasteiger partial charge in [-0.3, -0.25) is 15.8 Å². The number of rotatable bonds is 0. The number of hydrazine groups is 1. The maximum atomic E-state index is 4.84. The number of fused-ring (bicyclic) bond motifs is 6. The Labute approximate surface area is 88.6 Å². The first-order valence-electron chi connectivity index (χ1n) is 5.58. The molecule has 0 saturated carbocycles. The lowest BCUT2D eigenvalue weighted by Crippen LogP contribution is -2.35. The molecule has 0 amide bonds. The predicted octanol–water partition coefficient (Wildman–Crippen LogP) is 1.03. The monoisotopic (exact) mass is 199 g/mol. The van der Waals surface area contributed by atoms with Crippen molar-refractivity contribution in [2.24, 2.45) is 10.9 Å². The van der Waals surface area contributed by atoms with E-state index in [1.165, 1.54) is 16.8 Å². The van der Waals surface area contributed by atoms with E-state index in [1.54, 1.807) is 0 Å². The first-order chi connectivity index (χ1) is 7.43. The van der Waals surface area contributed by atoms with Crippen molar-refractivity contribution in [1.29, 1.82) is 0 Å². The van der Waals surface area contributed by atoms with Gasteiger partial charge in [-0.15, -0.1) is 0 Å². The topological polar surface area (TPSA) is 36.4 Å². The Bertz CT molecular complexity index is 452. The van der Waals surface area contributed by atoms with E-state index >= 15 is 0 Å². The van der Waals surface area contributed by atoms with E-state index in [0.717, 1.165) is 13.0 Å². The van der Waals surface area contributed by atoms with Crippen LogP contribution in [0.25, 0.3) is 0 Å². The van der Waals surface area contributed by atoms with Crippen LogP contribution < -0.4 is 10.9 Å². The van der Waals surface area contributed by atoms with Crippen LogP contribution in [0.15, 0.2) is 29.3 Å². The fourth-order valence-electron chi connectivity index (χ4n) is 3.11. The summed E-state index contributed by atoms with van der Waals surface area (Å²) in [6.07, 6.45) is 1.07. The highest BCUT2D eigenvalue weighted by Crippen LogP contribution is 2.43. The van der Waals surface area contributed by atoms with Crippen LogP contribution in [0, 0.1) is 5.92 Å². The third kappa shape index (κ3) is 0.945. The number of nitrogens with one attached hydrogen (secondary N) is 2. The van der Waals surface area contributed by atoms with Gasteiger partial charge >= 0.3 is 0 Å². The van der Waals surface area contributed by atoms with Gasteiger partial charge in [0, 0.05) is 36.2 Å². The quantitative estimate of drug-likeness (QED) is 0.654. The van der Waals surface area contributed by atoms with E-state index in [4.69, 9.17) is 4.99 Å². The van der Waals surface area contributed by atoms with Crippen LogP contribution in [0.4, 0.5) is 0 Å². The normalized spacial score (nSPS) is 36.0. The number of nitrogens with zero attached hydrogens (tertiary/aromatic N) is 1. The molecule has 1 fully saturated rings. The molecule has 1 saturated heterocycles. The molecule has 3 heteroatoms. The average molecular weight is 199 g/mol. The van der Waals surface area contributed by atoms with Crippen LogP contribution >= 0.6 is 0 Å². The smallest absolute Gasteiger partial charge is 0.0815 e. The highest BCUT2D eigenvalue weighted by molar-refractivity contribution is 6.05. The van der Waals surface area contributed by atoms with Crippen molar-refractivity contribution in [2.45, 2.75) is 18.5 Å². The van der Waals surface area contributed by atoms with Crippen molar-refractivity contribution in [3.05, 3.63) is 35.4 Å². The molecule has 3 atom stereocenters. The highest BCUT2D eigenvalue weighted by Gasteiger charge is 2.43. The van der Waals surface area contributed by atoms with E-state index in [9.17, 15) is 0 Å². The molecule has 2 N–H and O–H groups in total. The van der Waals surface area contributed by atoms with Gasteiger partial charge in [-0.25, -0.2) is 0 Å². The zero-order chi connectivity index (χ0) is 9.83. The van der Waals surface area contributed by atoms with E-state index in [0.29, 0.717) is 18.0 Å². The molecule has 4 rings (SSSR count). The highest BCUT2D eigenvalue weighted by atomic mass is 15.4. The van der Waals surface area contributed by atoms with E-state index in [-0.39, 0.29) is 0 Å². The van der Waals surface area contributed by atoms with Gasteiger partial charge in [0.15, 0.2) is 0 Å². The molecule has 1 aromatic carbocycles. The third-order valence-electron chi connectivity index (χ3n) is 3.85. The lowest BCUT2D eigenvalue weighted by atomic mass is 9.89. The number of hydrogen-bond acceptors (Lipinski definition) is 3. The molecule has 3 nitrogen and oxygen atoms in total. The van der Waals surface area contributed by atoms with Crippen LogP contribution in [0.3, 0.4) is 0 Å². The molecule has 0 aliphatic carbocycles. The summed E-state index contributed by atoms with van der Waals surface area (Å²) in [6, 6.07) is 9.66. The molecular formula is C12H13N3. The summed E-state index contributed by atoms with van der Waals surface area (Å²) in [7, 11) is 0. The second-order valence-corrected chi connectivity index (χ2v) is 4.61. The summed E-state index contributed by atoms with van der Waals surface area (Å²) in [5, 5.41) is 0. The van der Waals surface area contributed by atoms with E-state index < -0.39 is 0 Å². The third-order valence-corrected chi connectivity index (χ3v) is 3.85. The lowest BCUT2D eigenvalue weighted by Gasteiger charge is -2.24. The van der Waals surface area contributed by atoms with Crippen LogP contribution in [-0.2, 0) is 0 Å². The summed E-state index contributed by atoms with van der Waals surface area (Å²) < 4.78 is 0. The summed E-state index contributed by atoms with van der Waals surface area (Å²) >= 11 is 0. The molecule has 3 heterocycles. The van der Waals surface area contributed by atoms with Crippen LogP contribution in [-0.4, -0.2) is 18.3 Å². The van der Waals surface area contributed by atoms with Gasteiger partial charge in [0.2, 0.25) is 0 Å². The zero-order valence-electron chi connectivity index (χ0n) is 8.40. The van der Waals surface area contributed by atoms with Crippen molar-refractivity contribution < 1.29 is 0 Å². The lowest BCUT2D eigenvalue weighted by molar-refractivity contribution is 0.393. The van der Waals surface area contributed by atoms with E-state index in [2.05, 4.69) is 35.1 Å². The summed E-state index contributed by atoms with van der Waals surface area (Å²) in [6.45, 7) is 1.04. The molecule has 3 unspecified atom stereocenters. The standard InChI is InChI=1S/C12H13N3/c1-2-4-8-7(3-1)10-5-11-9(6-13-15-11)12(8)14-10/h1-4,9,11-13,15H,5-6H2. The van der Waals surface area contributed by atoms with Crippen LogP contribution in [0.5, 0.6) is 0 Å². The molecule has 0 aromatic heterocycles. The fraction of sp³-hybridized carbons (Fsp3) is 0.417. The zero-order valence-corrected chi connectivity index (χ0v) is 8.40. The molecule has 3 aliphatic rings. The minimum Gasteiger partial charge on any atom is -0.281 e. The van der Waals surface area contributed by atoms with Gasteiger partial charge in [0.1, 0.15) is 0 Å². The predicted molar refractivity (Wildman–Crippen MR) is 58.8 cm³/mol. The van der Waals surface area contributed by atoms with Crippen LogP contribution in [0.1, 0.15) is 23.6 Å². The SMILES string of the molecule is c1ccc2c(c1)C1=NC2C2CNNC2C1. The largest absolute Gasteiger partial charge is 0.281 e. The van der Waals surface area contributed by atoms with Gasteiger partial charge in [0.25, 0.3) is 0 Å². The minimum absolute atomic E-state index is 0.400. The Hall–Kier alpha value is -1.19. The first-order valence-corrected chi connectivity index (χ1v) is 5.58. The Balaban J connectivity index is 1.88. The average Bonchev–Trinajstić information content (AvgIpc) is 2.85. The maximum Gasteiger partial charge on any atom is 0.0815 e. The molecule has 76 valence electrons. The number of hydrogen-bond donors (Lipinski definition) is 2. The van der Waals surface area contributed by atoms with Crippen molar-refractivity contribution in [3.63, 3.8) is 0 Å².